The molecule has 0 atom stereocenters. The molecule has 1 aromatic heterocycles. The van der Waals surface area contributed by atoms with Crippen LogP contribution in [0.4, 0.5) is 5.69 Å². The second kappa shape index (κ2) is 14.2. The quantitative estimate of drug-likeness (QED) is 0.114. The van der Waals surface area contributed by atoms with Gasteiger partial charge in [0.25, 0.3) is 0 Å². The summed E-state index contributed by atoms with van der Waals surface area (Å²) in [5.41, 5.74) is 3.15. The van der Waals surface area contributed by atoms with E-state index in [-0.39, 0.29) is 24.7 Å². The van der Waals surface area contributed by atoms with Crippen molar-refractivity contribution in [1.29, 1.82) is 5.41 Å². The van der Waals surface area contributed by atoms with E-state index in [9.17, 15) is 0 Å². The molecule has 4 rings (SSSR count). The van der Waals surface area contributed by atoms with Crippen LogP contribution >= 0.6 is 9.42 Å². The molecular formula is C23H30Cl2N6Pt. The van der Waals surface area contributed by atoms with E-state index in [2.05, 4.69) is 69.3 Å². The summed E-state index contributed by atoms with van der Waals surface area (Å²) in [5, 5.41) is 16.2. The van der Waals surface area contributed by atoms with E-state index in [1.807, 2.05) is 24.9 Å². The summed E-state index contributed by atoms with van der Waals surface area (Å²) in [4.78, 5) is 6.96. The van der Waals surface area contributed by atoms with E-state index < -0.39 is 0 Å². The van der Waals surface area contributed by atoms with Crippen molar-refractivity contribution in [3.63, 3.8) is 0 Å². The second-order valence-corrected chi connectivity index (χ2v) is 6.84. The molecule has 0 fully saturated rings. The molecule has 0 saturated heterocycles. The van der Waals surface area contributed by atoms with Crippen LogP contribution in [0.1, 0.15) is 13.3 Å². The number of nitrogens with one attached hydrogen (secondary N) is 2. The van der Waals surface area contributed by atoms with Gasteiger partial charge in [-0.15, -0.1) is 0 Å². The fourth-order valence-corrected chi connectivity index (χ4v) is 3.57. The van der Waals surface area contributed by atoms with E-state index in [0.717, 1.165) is 47.0 Å². The summed E-state index contributed by atoms with van der Waals surface area (Å²) in [6.07, 6.45) is 0.754. The maximum absolute atomic E-state index is 7.97. The number of anilines is 1. The van der Waals surface area contributed by atoms with Crippen molar-refractivity contribution < 1.29 is 31.2 Å². The minimum atomic E-state index is 0. The predicted molar refractivity (Wildman–Crippen MR) is 132 cm³/mol. The number of fused-ring (bicyclic) bond motifs is 4. The van der Waals surface area contributed by atoms with E-state index in [1.54, 1.807) is 18.8 Å². The van der Waals surface area contributed by atoms with Crippen LogP contribution in [-0.2, 0) is 18.8 Å². The van der Waals surface area contributed by atoms with Crippen molar-refractivity contribution in [3.8, 4) is 0 Å². The number of hydrogen-bond donors (Lipinski definition) is 4. The molecule has 0 aliphatic rings. The third kappa shape index (κ3) is 6.31. The standard InChI is InChI=1S/C23H24N4.2ClH.2H3N.Pt/c1-3-21(24)27(2)15-14-25-22-18-10-6-7-11-20(18)26-23-17-9-5-4-8-16(17)12-13-19(22)23;;;;;/h4-13,24H,3,14-15H2,1-2H3,(H,25,26);2*1H;2*1H3;/q;;;;;+2/p-2. The minimum absolute atomic E-state index is 0. The monoisotopic (exact) mass is 655 g/mol. The molecule has 176 valence electrons. The topological polar surface area (TPSA) is 122 Å². The maximum atomic E-state index is 7.97. The average Bonchev–Trinajstić information content (AvgIpc) is 2.79. The summed E-state index contributed by atoms with van der Waals surface area (Å²) >= 11 is 1.61. The Morgan fingerprint density at radius 2 is 1.59 bits per heavy atom. The number of halogens is 2. The molecule has 0 aliphatic carbocycles. The Kier molecular flexibility index (Phi) is 13.4. The first-order valence-electron chi connectivity index (χ1n) is 9.53. The van der Waals surface area contributed by atoms with Gasteiger partial charge in [-0.1, -0.05) is 61.5 Å². The third-order valence-corrected chi connectivity index (χ3v) is 5.12. The Morgan fingerprint density at radius 3 is 2.28 bits per heavy atom. The Morgan fingerprint density at radius 1 is 0.969 bits per heavy atom. The number of hydrogen-bond acceptors (Lipinski definition) is 5. The van der Waals surface area contributed by atoms with E-state index in [0.29, 0.717) is 5.84 Å². The van der Waals surface area contributed by atoms with Crippen molar-refractivity contribution in [2.75, 3.05) is 25.5 Å². The Bertz CT molecular complexity index is 1160. The van der Waals surface area contributed by atoms with Gasteiger partial charge in [-0.3, -0.25) is 5.41 Å². The number of rotatable bonds is 5. The van der Waals surface area contributed by atoms with Gasteiger partial charge >= 0.3 is 28.2 Å². The summed E-state index contributed by atoms with van der Waals surface area (Å²) in [6.45, 7) is 3.58. The molecule has 0 amide bonds. The van der Waals surface area contributed by atoms with Crippen LogP contribution in [0.25, 0.3) is 32.6 Å². The summed E-state index contributed by atoms with van der Waals surface area (Å²) in [6, 6.07) is 21.0. The first-order valence-corrected chi connectivity index (χ1v) is 12.3. The molecule has 0 radical (unpaired) electrons. The summed E-state index contributed by atoms with van der Waals surface area (Å²) in [5.74, 6) is 0.659. The van der Waals surface area contributed by atoms with E-state index in [4.69, 9.17) is 10.4 Å². The molecule has 6 nitrogen and oxygen atoms in total. The van der Waals surface area contributed by atoms with Gasteiger partial charge in [0, 0.05) is 42.7 Å². The molecule has 9 heteroatoms. The number of likely N-dealkylation sites (N-methyl/N-ethyl adjacent to an activating group) is 1. The Balaban J connectivity index is 0.00000187. The zero-order valence-electron chi connectivity index (χ0n) is 18.3. The van der Waals surface area contributed by atoms with Gasteiger partial charge in [-0.2, -0.15) is 0 Å². The summed E-state index contributed by atoms with van der Waals surface area (Å²) in [7, 11) is 6.59. The Hall–Kier alpha value is -1.95. The Labute approximate surface area is 211 Å². The van der Waals surface area contributed by atoms with Crippen molar-refractivity contribution in [2.45, 2.75) is 13.3 Å². The van der Waals surface area contributed by atoms with Crippen molar-refractivity contribution in [1.82, 2.24) is 22.2 Å². The van der Waals surface area contributed by atoms with Crippen molar-refractivity contribution in [2.24, 2.45) is 0 Å². The fraction of sp³-hybridized carbons (Fsp3) is 0.217. The molecular weight excluding hydrogens is 626 g/mol. The molecule has 8 N–H and O–H groups in total. The van der Waals surface area contributed by atoms with Crippen molar-refractivity contribution >= 4 is 53.5 Å². The van der Waals surface area contributed by atoms with Gasteiger partial charge < -0.3 is 34.9 Å². The second-order valence-electron chi connectivity index (χ2n) is 6.84. The zero-order valence-corrected chi connectivity index (χ0v) is 22.1. The van der Waals surface area contributed by atoms with Crippen LogP contribution in [0.5, 0.6) is 0 Å². The van der Waals surface area contributed by atoms with Gasteiger partial charge in [-0.25, -0.2) is 4.98 Å². The predicted octanol–water partition coefficient (Wildman–Crippen LogP) is 3.29. The molecule has 0 unspecified atom stereocenters. The first-order chi connectivity index (χ1) is 14.2. The van der Waals surface area contributed by atoms with E-state index in [1.165, 1.54) is 10.8 Å². The first kappa shape index (κ1) is 30.0. The summed E-state index contributed by atoms with van der Waals surface area (Å²) < 4.78 is 0. The fourth-order valence-electron chi connectivity index (χ4n) is 3.57. The SMILES string of the molecule is CCC(=N)N(C)CCNc1c2ccccc2nc2c1ccc1ccccc12.N.N.[Cl-].[Cl][Pt+]. The van der Waals surface area contributed by atoms with Crippen LogP contribution in [-0.4, -0.2) is 35.9 Å². The van der Waals surface area contributed by atoms with Crippen LogP contribution < -0.4 is 30.0 Å². The van der Waals surface area contributed by atoms with E-state index >= 15 is 0 Å². The zero-order chi connectivity index (χ0) is 20.8. The van der Waals surface area contributed by atoms with Gasteiger partial charge in [-0.05, 0) is 11.5 Å². The molecule has 0 saturated carbocycles. The molecule has 4 aromatic rings. The van der Waals surface area contributed by atoms with Gasteiger partial charge in [0.05, 0.1) is 22.6 Å². The molecule has 0 aliphatic heterocycles. The average molecular weight is 657 g/mol. The molecule has 3 aromatic carbocycles. The van der Waals surface area contributed by atoms with Crippen LogP contribution in [0.3, 0.4) is 0 Å². The van der Waals surface area contributed by atoms with Crippen LogP contribution in [0.15, 0.2) is 60.7 Å². The van der Waals surface area contributed by atoms with Crippen molar-refractivity contribution in [3.05, 3.63) is 60.7 Å². The number of nitrogens with zero attached hydrogens (tertiary/aromatic N) is 2. The number of amidine groups is 1. The van der Waals surface area contributed by atoms with Crippen LogP contribution in [0, 0.1) is 5.41 Å². The third-order valence-electron chi connectivity index (χ3n) is 5.12. The number of benzene rings is 3. The normalized spacial score (nSPS) is 9.66. The number of para-hydroxylation sites is 1. The number of aromatic nitrogens is 1. The molecule has 1 heterocycles. The molecule has 32 heavy (non-hydrogen) atoms. The molecule has 0 bridgehead atoms. The molecule has 0 spiro atoms. The van der Waals surface area contributed by atoms with Gasteiger partial charge in [0.15, 0.2) is 0 Å². The van der Waals surface area contributed by atoms with Gasteiger partial charge in [0.1, 0.15) is 0 Å². The number of pyridine rings is 1. The van der Waals surface area contributed by atoms with Crippen LogP contribution in [0.2, 0.25) is 0 Å². The van der Waals surface area contributed by atoms with Gasteiger partial charge in [0.2, 0.25) is 0 Å².